The maximum absolute atomic E-state index is 13.3. The third kappa shape index (κ3) is 1.75. The highest BCUT2D eigenvalue weighted by atomic mass is 19.1. The number of rotatable bonds is 3. The van der Waals surface area contributed by atoms with Crippen LogP contribution in [0.4, 0.5) is 4.39 Å². The lowest BCUT2D eigenvalue weighted by Crippen LogP contribution is -1.99. The highest BCUT2D eigenvalue weighted by molar-refractivity contribution is 5.79. The van der Waals surface area contributed by atoms with Crippen molar-refractivity contribution in [1.29, 1.82) is 0 Å². The lowest BCUT2D eigenvalue weighted by Gasteiger charge is -2.08. The van der Waals surface area contributed by atoms with Gasteiger partial charge in [-0.1, -0.05) is 0 Å². The molecule has 0 aliphatic heterocycles. The summed E-state index contributed by atoms with van der Waals surface area (Å²) in [6.45, 7) is 0.149. The summed E-state index contributed by atoms with van der Waals surface area (Å²) in [5, 5.41) is 8.92. The molecular weight excluding hydrogens is 231 g/mol. The van der Waals surface area contributed by atoms with Crippen LogP contribution >= 0.6 is 0 Å². The van der Waals surface area contributed by atoms with Crippen LogP contribution in [0.3, 0.4) is 0 Å². The summed E-state index contributed by atoms with van der Waals surface area (Å²) in [5.74, 6) is -0.262. The summed E-state index contributed by atoms with van der Waals surface area (Å²) in [5.41, 5.74) is 3.45. The van der Waals surface area contributed by atoms with Crippen molar-refractivity contribution in [2.24, 2.45) is 0 Å². The first kappa shape index (κ1) is 11.2. The van der Waals surface area contributed by atoms with Gasteiger partial charge >= 0.3 is 0 Å². The number of aryl methyl sites for hydroxylation is 1. The molecule has 0 unspecified atom stereocenters. The van der Waals surface area contributed by atoms with Crippen molar-refractivity contribution in [2.75, 3.05) is 6.61 Å². The van der Waals surface area contributed by atoms with Gasteiger partial charge in [0.05, 0.1) is 22.2 Å². The quantitative estimate of drug-likeness (QED) is 0.768. The van der Waals surface area contributed by atoms with Crippen LogP contribution in [-0.4, -0.2) is 21.1 Å². The van der Waals surface area contributed by atoms with E-state index in [0.717, 1.165) is 28.7 Å². The number of hydrogen-bond donors (Lipinski definition) is 1. The molecule has 1 aromatic carbocycles. The molecule has 0 saturated carbocycles. The number of benzene rings is 1. The molecule has 0 atom stereocenters. The van der Waals surface area contributed by atoms with Crippen LogP contribution in [0, 0.1) is 5.82 Å². The molecule has 0 bridgehead atoms. The van der Waals surface area contributed by atoms with E-state index in [2.05, 4.69) is 4.98 Å². The molecule has 3 nitrogen and oxygen atoms in total. The Kier molecular flexibility index (Phi) is 2.72. The number of aromatic nitrogens is 2. The zero-order chi connectivity index (χ0) is 12.5. The first-order valence-corrected chi connectivity index (χ1v) is 5.95. The van der Waals surface area contributed by atoms with E-state index in [9.17, 15) is 4.39 Å². The van der Waals surface area contributed by atoms with Crippen LogP contribution in [0.25, 0.3) is 16.6 Å². The minimum atomic E-state index is -0.262. The minimum Gasteiger partial charge on any atom is -0.396 e. The highest BCUT2D eigenvalue weighted by Crippen LogP contribution is 2.20. The van der Waals surface area contributed by atoms with E-state index in [0.29, 0.717) is 6.42 Å². The van der Waals surface area contributed by atoms with Gasteiger partial charge in [0.2, 0.25) is 0 Å². The fourth-order valence-electron chi connectivity index (χ4n) is 2.24. The Hall–Kier alpha value is -1.94. The van der Waals surface area contributed by atoms with E-state index < -0.39 is 0 Å². The van der Waals surface area contributed by atoms with E-state index in [1.54, 1.807) is 6.07 Å². The van der Waals surface area contributed by atoms with Gasteiger partial charge in [-0.15, -0.1) is 0 Å². The average Bonchev–Trinajstić information content (AvgIpc) is 2.86. The normalized spacial score (nSPS) is 11.4. The number of aliphatic hydroxyl groups is 1. The molecule has 0 aliphatic rings. The second-order valence-electron chi connectivity index (χ2n) is 4.28. The van der Waals surface area contributed by atoms with Gasteiger partial charge in [0.25, 0.3) is 0 Å². The summed E-state index contributed by atoms with van der Waals surface area (Å²) in [6.07, 6.45) is 3.30. The number of aliphatic hydroxyl groups excluding tert-OH is 1. The maximum Gasteiger partial charge on any atom is 0.125 e. The largest absolute Gasteiger partial charge is 0.396 e. The van der Waals surface area contributed by atoms with Crippen molar-refractivity contribution in [3.63, 3.8) is 0 Å². The molecule has 3 aromatic rings. The second-order valence-corrected chi connectivity index (χ2v) is 4.28. The zero-order valence-electron chi connectivity index (χ0n) is 9.81. The fraction of sp³-hybridized carbons (Fsp3) is 0.214. The summed E-state index contributed by atoms with van der Waals surface area (Å²) in [6, 6.07) is 8.48. The van der Waals surface area contributed by atoms with Crippen LogP contribution in [0.2, 0.25) is 0 Å². The van der Waals surface area contributed by atoms with Crippen molar-refractivity contribution in [3.05, 3.63) is 48.0 Å². The van der Waals surface area contributed by atoms with Gasteiger partial charge in [-0.05, 0) is 37.1 Å². The lowest BCUT2D eigenvalue weighted by atomic mass is 10.2. The second kappa shape index (κ2) is 4.38. The Morgan fingerprint density at radius 1 is 1.22 bits per heavy atom. The van der Waals surface area contributed by atoms with Crippen molar-refractivity contribution >= 4 is 16.6 Å². The third-order valence-corrected chi connectivity index (χ3v) is 3.07. The minimum absolute atomic E-state index is 0.149. The Balaban J connectivity index is 2.29. The Morgan fingerprint density at radius 3 is 2.94 bits per heavy atom. The third-order valence-electron chi connectivity index (χ3n) is 3.07. The summed E-state index contributed by atoms with van der Waals surface area (Å²) in [7, 11) is 0. The molecule has 1 N–H and O–H groups in total. The number of nitrogens with zero attached hydrogens (tertiary/aromatic N) is 2. The van der Waals surface area contributed by atoms with Crippen LogP contribution in [0.5, 0.6) is 0 Å². The summed E-state index contributed by atoms with van der Waals surface area (Å²) < 4.78 is 15.2. The van der Waals surface area contributed by atoms with Gasteiger partial charge in [-0.3, -0.25) is 0 Å². The van der Waals surface area contributed by atoms with E-state index in [-0.39, 0.29) is 12.4 Å². The van der Waals surface area contributed by atoms with Crippen molar-refractivity contribution in [3.8, 4) is 0 Å². The smallest absolute Gasteiger partial charge is 0.125 e. The standard InChI is InChI=1S/C14H13FN2O/c15-10-5-6-12-14(9-10)17-7-1-4-13(17)11(16-12)3-2-8-18/h1,4-7,9,18H,2-3,8H2. The molecule has 92 valence electrons. The maximum atomic E-state index is 13.3. The van der Waals surface area contributed by atoms with Crippen LogP contribution in [-0.2, 0) is 6.42 Å². The Morgan fingerprint density at radius 2 is 2.11 bits per heavy atom. The monoisotopic (exact) mass is 244 g/mol. The average molecular weight is 244 g/mol. The number of hydrogen-bond acceptors (Lipinski definition) is 2. The molecule has 3 rings (SSSR count). The SMILES string of the molecule is OCCCc1nc2ccc(F)cc2n2cccc12. The predicted octanol–water partition coefficient (Wildman–Crippen LogP) is 2.55. The zero-order valence-corrected chi connectivity index (χ0v) is 9.81. The molecule has 0 amide bonds. The van der Waals surface area contributed by atoms with Gasteiger partial charge < -0.3 is 9.51 Å². The van der Waals surface area contributed by atoms with Gasteiger partial charge in [0, 0.05) is 18.9 Å². The summed E-state index contributed by atoms with van der Waals surface area (Å²) in [4.78, 5) is 4.56. The van der Waals surface area contributed by atoms with Gasteiger partial charge in [0.1, 0.15) is 5.82 Å². The first-order valence-electron chi connectivity index (χ1n) is 5.95. The molecule has 0 spiro atoms. The molecule has 18 heavy (non-hydrogen) atoms. The van der Waals surface area contributed by atoms with Crippen LogP contribution < -0.4 is 0 Å². The summed E-state index contributed by atoms with van der Waals surface area (Å²) >= 11 is 0. The van der Waals surface area contributed by atoms with Gasteiger partial charge in [-0.2, -0.15) is 0 Å². The Labute approximate surface area is 104 Å². The van der Waals surface area contributed by atoms with E-state index >= 15 is 0 Å². The molecule has 0 fully saturated rings. The van der Waals surface area contributed by atoms with Crippen molar-refractivity contribution < 1.29 is 9.50 Å². The molecule has 0 saturated heterocycles. The first-order chi connectivity index (χ1) is 8.79. The van der Waals surface area contributed by atoms with Crippen LogP contribution in [0.1, 0.15) is 12.1 Å². The van der Waals surface area contributed by atoms with Crippen molar-refractivity contribution in [2.45, 2.75) is 12.8 Å². The van der Waals surface area contributed by atoms with E-state index in [1.807, 2.05) is 22.7 Å². The molecular formula is C14H13FN2O. The molecule has 2 aromatic heterocycles. The number of fused-ring (bicyclic) bond motifs is 3. The lowest BCUT2D eigenvalue weighted by molar-refractivity contribution is 0.288. The Bertz CT molecular complexity index is 705. The van der Waals surface area contributed by atoms with Crippen molar-refractivity contribution in [1.82, 2.24) is 9.38 Å². The van der Waals surface area contributed by atoms with Gasteiger partial charge in [0.15, 0.2) is 0 Å². The van der Waals surface area contributed by atoms with E-state index in [4.69, 9.17) is 5.11 Å². The molecule has 0 radical (unpaired) electrons. The van der Waals surface area contributed by atoms with Crippen LogP contribution in [0.15, 0.2) is 36.5 Å². The highest BCUT2D eigenvalue weighted by Gasteiger charge is 2.08. The predicted molar refractivity (Wildman–Crippen MR) is 68.1 cm³/mol. The molecule has 2 heterocycles. The molecule has 0 aliphatic carbocycles. The van der Waals surface area contributed by atoms with Gasteiger partial charge in [-0.25, -0.2) is 9.37 Å². The number of halogens is 1. The fourth-order valence-corrected chi connectivity index (χ4v) is 2.24. The topological polar surface area (TPSA) is 37.5 Å². The van der Waals surface area contributed by atoms with E-state index in [1.165, 1.54) is 12.1 Å². The molecule has 4 heteroatoms.